The van der Waals surface area contributed by atoms with Gasteiger partial charge in [-0.1, -0.05) is 10.8 Å². The molecular formula is C11H21NO4S2. The summed E-state index contributed by atoms with van der Waals surface area (Å²) < 4.78 is 4.84. The van der Waals surface area contributed by atoms with Crippen molar-refractivity contribution in [2.75, 3.05) is 20.8 Å². The molecule has 0 aromatic rings. The van der Waals surface area contributed by atoms with Crippen LogP contribution in [-0.4, -0.2) is 53.4 Å². The van der Waals surface area contributed by atoms with Crippen molar-refractivity contribution >= 4 is 34.3 Å². The molecule has 2 atom stereocenters. The zero-order valence-corrected chi connectivity index (χ0v) is 12.9. The molecule has 0 rings (SSSR count). The van der Waals surface area contributed by atoms with Crippen molar-refractivity contribution in [3.8, 4) is 0 Å². The van der Waals surface area contributed by atoms with E-state index >= 15 is 0 Å². The zero-order chi connectivity index (χ0) is 14.3. The highest BCUT2D eigenvalue weighted by molar-refractivity contribution is 8.69. The van der Waals surface area contributed by atoms with Crippen LogP contribution in [0.15, 0.2) is 0 Å². The fraction of sp³-hybridized carbons (Fsp3) is 0.818. The molecule has 0 fully saturated rings. The van der Waals surface area contributed by atoms with Gasteiger partial charge < -0.3 is 14.7 Å². The van der Waals surface area contributed by atoms with Gasteiger partial charge in [0.25, 0.3) is 0 Å². The summed E-state index contributed by atoms with van der Waals surface area (Å²) in [7, 11) is 4.45. The summed E-state index contributed by atoms with van der Waals surface area (Å²) in [5, 5.41) is 8.83. The van der Waals surface area contributed by atoms with Crippen LogP contribution in [0.25, 0.3) is 0 Å². The Morgan fingerprint density at radius 1 is 1.56 bits per heavy atom. The SMILES string of the molecule is COCC(C)(CCC(=O)N(C)C(C)C(=O)O)SS. The standard InChI is InChI=1S/C11H21NO4S2/c1-8(10(14)15)12(3)9(13)5-6-11(2,18-17)7-16-4/h8,17H,5-7H2,1-4H3,(H,14,15). The minimum Gasteiger partial charge on any atom is -0.480 e. The number of carboxylic acid groups (broad SMARTS) is 1. The molecule has 0 aliphatic rings. The number of thiol groups is 1. The molecule has 0 bridgehead atoms. The number of carbonyl (C=O) groups excluding carboxylic acids is 1. The van der Waals surface area contributed by atoms with E-state index in [1.54, 1.807) is 7.11 Å². The maximum absolute atomic E-state index is 11.8. The second-order valence-corrected chi connectivity index (χ2v) is 6.21. The molecule has 0 saturated carbocycles. The van der Waals surface area contributed by atoms with Crippen LogP contribution in [0, 0.1) is 0 Å². The average molecular weight is 295 g/mol. The van der Waals surface area contributed by atoms with E-state index in [1.807, 2.05) is 6.92 Å². The Balaban J connectivity index is 4.36. The van der Waals surface area contributed by atoms with Crippen molar-refractivity contribution < 1.29 is 19.4 Å². The van der Waals surface area contributed by atoms with Crippen molar-refractivity contribution in [3.63, 3.8) is 0 Å². The third-order valence-corrected chi connectivity index (χ3v) is 4.95. The molecule has 0 heterocycles. The van der Waals surface area contributed by atoms with Crippen LogP contribution in [0.3, 0.4) is 0 Å². The van der Waals surface area contributed by atoms with Gasteiger partial charge in [-0.15, -0.1) is 11.7 Å². The minimum atomic E-state index is -1.01. The van der Waals surface area contributed by atoms with Crippen molar-refractivity contribution in [2.24, 2.45) is 0 Å². The number of likely N-dealkylation sites (N-methyl/N-ethyl adjacent to an activating group) is 1. The summed E-state index contributed by atoms with van der Waals surface area (Å²) in [6.07, 6.45) is 0.867. The predicted octanol–water partition coefficient (Wildman–Crippen LogP) is 1.68. The van der Waals surface area contributed by atoms with E-state index in [9.17, 15) is 9.59 Å². The molecule has 0 radical (unpaired) electrons. The van der Waals surface area contributed by atoms with Gasteiger partial charge in [0.2, 0.25) is 5.91 Å². The van der Waals surface area contributed by atoms with Gasteiger partial charge in [-0.05, 0) is 20.3 Å². The monoisotopic (exact) mass is 295 g/mol. The lowest BCUT2D eigenvalue weighted by molar-refractivity contribution is -0.148. The average Bonchev–Trinajstić information content (AvgIpc) is 2.34. The Kier molecular flexibility index (Phi) is 7.73. The van der Waals surface area contributed by atoms with Gasteiger partial charge in [-0.2, -0.15) is 0 Å². The van der Waals surface area contributed by atoms with Crippen LogP contribution in [0.4, 0.5) is 0 Å². The second-order valence-electron chi connectivity index (χ2n) is 4.49. The quantitative estimate of drug-likeness (QED) is 0.527. The van der Waals surface area contributed by atoms with Gasteiger partial charge in [0.15, 0.2) is 0 Å². The number of aliphatic carboxylic acids is 1. The Hall–Kier alpha value is -0.400. The molecule has 7 heteroatoms. The van der Waals surface area contributed by atoms with E-state index in [0.29, 0.717) is 13.0 Å². The predicted molar refractivity (Wildman–Crippen MR) is 76.0 cm³/mol. The molecule has 0 saturated heterocycles. The lowest BCUT2D eigenvalue weighted by Crippen LogP contribution is -2.41. The molecule has 0 aliphatic carbocycles. The van der Waals surface area contributed by atoms with E-state index < -0.39 is 12.0 Å². The number of methoxy groups -OCH3 is 1. The highest BCUT2D eigenvalue weighted by Crippen LogP contribution is 2.33. The molecule has 0 aromatic carbocycles. The molecule has 18 heavy (non-hydrogen) atoms. The summed E-state index contributed by atoms with van der Waals surface area (Å²) in [6, 6.07) is -0.810. The molecule has 1 N–H and O–H groups in total. The lowest BCUT2D eigenvalue weighted by atomic mass is 10.0. The van der Waals surface area contributed by atoms with Crippen LogP contribution in [0.2, 0.25) is 0 Å². The fourth-order valence-corrected chi connectivity index (χ4v) is 2.17. The molecule has 106 valence electrons. The fourth-order valence-electron chi connectivity index (χ4n) is 1.38. The lowest BCUT2D eigenvalue weighted by Gasteiger charge is -2.27. The number of ether oxygens (including phenoxy) is 1. The van der Waals surface area contributed by atoms with Crippen LogP contribution in [0.5, 0.6) is 0 Å². The third kappa shape index (κ3) is 5.49. The van der Waals surface area contributed by atoms with Gasteiger partial charge in [0.1, 0.15) is 6.04 Å². The smallest absolute Gasteiger partial charge is 0.326 e. The number of nitrogens with zero attached hydrogens (tertiary/aromatic N) is 1. The second kappa shape index (κ2) is 7.91. The molecule has 0 spiro atoms. The van der Waals surface area contributed by atoms with E-state index in [4.69, 9.17) is 9.84 Å². The normalized spacial score (nSPS) is 15.8. The van der Waals surface area contributed by atoms with Crippen molar-refractivity contribution in [2.45, 2.75) is 37.5 Å². The van der Waals surface area contributed by atoms with E-state index in [1.165, 1.54) is 29.7 Å². The highest BCUT2D eigenvalue weighted by Gasteiger charge is 2.27. The largest absolute Gasteiger partial charge is 0.480 e. The molecular weight excluding hydrogens is 274 g/mol. The van der Waals surface area contributed by atoms with Gasteiger partial charge >= 0.3 is 5.97 Å². The molecule has 2 unspecified atom stereocenters. The van der Waals surface area contributed by atoms with Gasteiger partial charge in [-0.3, -0.25) is 4.79 Å². The Labute approximate surface area is 117 Å². The Morgan fingerprint density at radius 2 is 2.11 bits per heavy atom. The summed E-state index contributed by atoms with van der Waals surface area (Å²) in [4.78, 5) is 23.9. The first-order valence-corrected chi connectivity index (χ1v) is 7.44. The van der Waals surface area contributed by atoms with Crippen LogP contribution in [0.1, 0.15) is 26.7 Å². The van der Waals surface area contributed by atoms with Crippen molar-refractivity contribution in [1.29, 1.82) is 0 Å². The first-order valence-electron chi connectivity index (χ1n) is 5.57. The first-order chi connectivity index (χ1) is 8.27. The minimum absolute atomic E-state index is 0.186. The number of hydrogen-bond donors (Lipinski definition) is 2. The number of carboxylic acids is 1. The number of hydrogen-bond acceptors (Lipinski definition) is 5. The summed E-state index contributed by atoms with van der Waals surface area (Å²) in [5.41, 5.74) is 0. The molecule has 1 amide bonds. The van der Waals surface area contributed by atoms with Crippen LogP contribution >= 0.6 is 22.5 Å². The van der Waals surface area contributed by atoms with Crippen molar-refractivity contribution in [1.82, 2.24) is 4.90 Å². The van der Waals surface area contributed by atoms with Gasteiger partial charge in [0.05, 0.1) is 6.61 Å². The van der Waals surface area contributed by atoms with E-state index in [-0.39, 0.29) is 17.1 Å². The summed E-state index contributed by atoms with van der Waals surface area (Å²) in [5.74, 6) is -1.19. The van der Waals surface area contributed by atoms with Crippen molar-refractivity contribution in [3.05, 3.63) is 0 Å². The van der Waals surface area contributed by atoms with Gasteiger partial charge in [0, 0.05) is 25.3 Å². The molecule has 0 aromatic heterocycles. The maximum Gasteiger partial charge on any atom is 0.326 e. The van der Waals surface area contributed by atoms with E-state index in [0.717, 1.165) is 0 Å². The first kappa shape index (κ1) is 17.6. The number of rotatable bonds is 8. The molecule has 0 aliphatic heterocycles. The van der Waals surface area contributed by atoms with Gasteiger partial charge in [-0.25, -0.2) is 4.79 Å². The van der Waals surface area contributed by atoms with Crippen LogP contribution in [-0.2, 0) is 14.3 Å². The Morgan fingerprint density at radius 3 is 2.50 bits per heavy atom. The topological polar surface area (TPSA) is 66.8 Å². The third-order valence-electron chi connectivity index (χ3n) is 2.87. The van der Waals surface area contributed by atoms with E-state index in [2.05, 4.69) is 11.7 Å². The Bertz CT molecular complexity index is 301. The number of amides is 1. The number of carbonyl (C=O) groups is 2. The molecule has 5 nitrogen and oxygen atoms in total. The maximum atomic E-state index is 11.8. The summed E-state index contributed by atoms with van der Waals surface area (Å²) >= 11 is 4.18. The highest BCUT2D eigenvalue weighted by atomic mass is 33.1. The zero-order valence-electron chi connectivity index (χ0n) is 11.2. The van der Waals surface area contributed by atoms with Crippen LogP contribution < -0.4 is 0 Å². The summed E-state index contributed by atoms with van der Waals surface area (Å²) in [6.45, 7) is 3.94.